The standard InChI is InChI=1S/C19H26N6O3/c1-3-5-15(26)25-8-4-6-13(11-25)24-18-16-14(19(27)20-7-9-28-2)10-21-17(16)22-12-23-18/h3,5,10,12-13H,4,6-9,11H2,1-2H3,(H,20,27)(H2,21,22,23,24)/t13-/m1/s1. The van der Waals surface area contributed by atoms with Gasteiger partial charge in [-0.15, -0.1) is 0 Å². The lowest BCUT2D eigenvalue weighted by Gasteiger charge is -2.33. The lowest BCUT2D eigenvalue weighted by Crippen LogP contribution is -2.44. The Labute approximate surface area is 163 Å². The first-order valence-electron chi connectivity index (χ1n) is 9.41. The first-order chi connectivity index (χ1) is 13.6. The van der Waals surface area contributed by atoms with Gasteiger partial charge < -0.3 is 25.3 Å². The third-order valence-corrected chi connectivity index (χ3v) is 4.69. The Morgan fingerprint density at radius 2 is 2.29 bits per heavy atom. The average molecular weight is 386 g/mol. The van der Waals surface area contributed by atoms with Crippen molar-refractivity contribution in [3.05, 3.63) is 30.2 Å². The van der Waals surface area contributed by atoms with Crippen molar-refractivity contribution >= 4 is 28.7 Å². The molecule has 0 bridgehead atoms. The summed E-state index contributed by atoms with van der Waals surface area (Å²) in [5, 5.41) is 6.87. The van der Waals surface area contributed by atoms with Gasteiger partial charge in [0.05, 0.1) is 17.6 Å². The second-order valence-electron chi connectivity index (χ2n) is 6.66. The fourth-order valence-corrected chi connectivity index (χ4v) is 3.35. The SMILES string of the molecule is CC=CC(=O)N1CCC[C@@H](Nc2ncnc3[nH]cc(C(=O)NCCOC)c23)C1. The molecule has 9 nitrogen and oxygen atoms in total. The molecular weight excluding hydrogens is 360 g/mol. The molecule has 1 fully saturated rings. The molecule has 1 aliphatic rings. The van der Waals surface area contributed by atoms with Gasteiger partial charge in [0.15, 0.2) is 0 Å². The van der Waals surface area contributed by atoms with Crippen LogP contribution in [0.1, 0.15) is 30.1 Å². The van der Waals surface area contributed by atoms with Gasteiger partial charge in [0.1, 0.15) is 17.8 Å². The minimum atomic E-state index is -0.213. The number of piperidine rings is 1. The van der Waals surface area contributed by atoms with Crippen LogP contribution in [0.5, 0.6) is 0 Å². The Kier molecular flexibility index (Phi) is 6.59. The maximum Gasteiger partial charge on any atom is 0.253 e. The van der Waals surface area contributed by atoms with Crippen molar-refractivity contribution < 1.29 is 14.3 Å². The van der Waals surface area contributed by atoms with Crippen LogP contribution in [0.15, 0.2) is 24.7 Å². The molecule has 3 N–H and O–H groups in total. The van der Waals surface area contributed by atoms with Gasteiger partial charge >= 0.3 is 0 Å². The van der Waals surface area contributed by atoms with Crippen molar-refractivity contribution in [3.63, 3.8) is 0 Å². The third-order valence-electron chi connectivity index (χ3n) is 4.69. The molecular formula is C19H26N6O3. The van der Waals surface area contributed by atoms with Gasteiger partial charge in [0.2, 0.25) is 5.91 Å². The van der Waals surface area contributed by atoms with Gasteiger partial charge in [-0.25, -0.2) is 9.97 Å². The highest BCUT2D eigenvalue weighted by atomic mass is 16.5. The number of ether oxygens (including phenoxy) is 1. The van der Waals surface area contributed by atoms with Crippen molar-refractivity contribution in [2.75, 3.05) is 38.7 Å². The summed E-state index contributed by atoms with van der Waals surface area (Å²) in [4.78, 5) is 38.1. The van der Waals surface area contributed by atoms with Crippen LogP contribution in [0.4, 0.5) is 5.82 Å². The zero-order valence-electron chi connectivity index (χ0n) is 16.2. The summed E-state index contributed by atoms with van der Waals surface area (Å²) in [7, 11) is 1.59. The summed E-state index contributed by atoms with van der Waals surface area (Å²) in [6.07, 6.45) is 8.26. The van der Waals surface area contributed by atoms with Gasteiger partial charge in [0.25, 0.3) is 5.91 Å². The van der Waals surface area contributed by atoms with E-state index < -0.39 is 0 Å². The highest BCUT2D eigenvalue weighted by molar-refractivity contribution is 6.09. The van der Waals surface area contributed by atoms with Gasteiger partial charge in [-0.2, -0.15) is 0 Å². The van der Waals surface area contributed by atoms with Crippen molar-refractivity contribution in [3.8, 4) is 0 Å². The molecule has 0 unspecified atom stereocenters. The summed E-state index contributed by atoms with van der Waals surface area (Å²) in [6, 6.07) is 0.0559. The maximum absolute atomic E-state index is 12.5. The molecule has 1 atom stereocenters. The number of methoxy groups -OCH3 is 1. The predicted molar refractivity (Wildman–Crippen MR) is 106 cm³/mol. The largest absolute Gasteiger partial charge is 0.383 e. The number of allylic oxidation sites excluding steroid dienone is 1. The van der Waals surface area contributed by atoms with Gasteiger partial charge in [0, 0.05) is 39.0 Å². The van der Waals surface area contributed by atoms with Crippen molar-refractivity contribution in [1.82, 2.24) is 25.2 Å². The number of anilines is 1. The zero-order valence-corrected chi connectivity index (χ0v) is 16.2. The number of carbonyl (C=O) groups is 2. The molecule has 0 radical (unpaired) electrons. The third kappa shape index (κ3) is 4.48. The number of H-pyrrole nitrogens is 1. The number of nitrogens with one attached hydrogen (secondary N) is 3. The lowest BCUT2D eigenvalue weighted by atomic mass is 10.1. The molecule has 150 valence electrons. The van der Waals surface area contributed by atoms with Crippen LogP contribution in [0, 0.1) is 0 Å². The Bertz CT molecular complexity index is 862. The van der Waals surface area contributed by atoms with Crippen LogP contribution in [-0.2, 0) is 9.53 Å². The van der Waals surface area contributed by atoms with Crippen molar-refractivity contribution in [1.29, 1.82) is 0 Å². The van der Waals surface area contributed by atoms with Crippen LogP contribution < -0.4 is 10.6 Å². The van der Waals surface area contributed by atoms with Crippen LogP contribution in [0.2, 0.25) is 0 Å². The fraction of sp³-hybridized carbons (Fsp3) is 0.474. The molecule has 2 aromatic heterocycles. The molecule has 0 aliphatic carbocycles. The van der Waals surface area contributed by atoms with Crippen LogP contribution in [-0.4, -0.2) is 71.1 Å². The first-order valence-corrected chi connectivity index (χ1v) is 9.41. The number of aromatic amines is 1. The molecule has 1 saturated heterocycles. The number of carbonyl (C=O) groups excluding carboxylic acids is 2. The number of hydrogen-bond acceptors (Lipinski definition) is 6. The topological polar surface area (TPSA) is 112 Å². The van der Waals surface area contributed by atoms with Crippen molar-refractivity contribution in [2.45, 2.75) is 25.8 Å². The molecule has 2 aromatic rings. The van der Waals surface area contributed by atoms with Crippen LogP contribution in [0.3, 0.4) is 0 Å². The van der Waals surface area contributed by atoms with E-state index in [1.165, 1.54) is 6.33 Å². The fourth-order valence-electron chi connectivity index (χ4n) is 3.35. The highest BCUT2D eigenvalue weighted by Crippen LogP contribution is 2.25. The van der Waals surface area contributed by atoms with E-state index >= 15 is 0 Å². The monoisotopic (exact) mass is 386 g/mol. The predicted octanol–water partition coefficient (Wildman–Crippen LogP) is 1.31. The summed E-state index contributed by atoms with van der Waals surface area (Å²) in [5.41, 5.74) is 1.07. The second kappa shape index (κ2) is 9.32. The van der Waals surface area contributed by atoms with E-state index in [2.05, 4.69) is 25.6 Å². The number of hydrogen-bond donors (Lipinski definition) is 3. The quantitative estimate of drug-likeness (QED) is 0.489. The van der Waals surface area contributed by atoms with Gasteiger partial charge in [-0.1, -0.05) is 6.08 Å². The molecule has 0 spiro atoms. The van der Waals surface area contributed by atoms with E-state index in [1.54, 1.807) is 25.5 Å². The van der Waals surface area contributed by atoms with E-state index in [9.17, 15) is 9.59 Å². The number of fused-ring (bicyclic) bond motifs is 1. The lowest BCUT2D eigenvalue weighted by molar-refractivity contribution is -0.127. The summed E-state index contributed by atoms with van der Waals surface area (Å²) in [6.45, 7) is 4.03. The van der Waals surface area contributed by atoms with Gasteiger partial charge in [-0.05, 0) is 25.8 Å². The van der Waals surface area contributed by atoms with E-state index in [0.29, 0.717) is 42.1 Å². The van der Waals surface area contributed by atoms with E-state index in [4.69, 9.17) is 4.74 Å². The molecule has 0 saturated carbocycles. The number of aromatic nitrogens is 3. The van der Waals surface area contributed by atoms with Gasteiger partial charge in [-0.3, -0.25) is 9.59 Å². The Morgan fingerprint density at radius 3 is 3.07 bits per heavy atom. The smallest absolute Gasteiger partial charge is 0.253 e. The number of nitrogens with zero attached hydrogens (tertiary/aromatic N) is 3. The van der Waals surface area contributed by atoms with E-state index in [0.717, 1.165) is 19.4 Å². The minimum Gasteiger partial charge on any atom is -0.383 e. The molecule has 2 amide bonds. The minimum absolute atomic E-state index is 0.0155. The summed E-state index contributed by atoms with van der Waals surface area (Å²) < 4.78 is 4.97. The average Bonchev–Trinajstić information content (AvgIpc) is 3.14. The zero-order chi connectivity index (χ0) is 19.9. The number of rotatable bonds is 7. The van der Waals surface area contributed by atoms with Crippen molar-refractivity contribution in [2.24, 2.45) is 0 Å². The Hall–Kier alpha value is -2.94. The maximum atomic E-state index is 12.5. The Morgan fingerprint density at radius 1 is 1.43 bits per heavy atom. The highest BCUT2D eigenvalue weighted by Gasteiger charge is 2.24. The normalized spacial score (nSPS) is 17.2. The van der Waals surface area contributed by atoms with E-state index in [1.807, 2.05) is 11.8 Å². The van der Waals surface area contributed by atoms with E-state index in [-0.39, 0.29) is 17.9 Å². The number of amides is 2. The molecule has 0 aromatic carbocycles. The summed E-state index contributed by atoms with van der Waals surface area (Å²) >= 11 is 0. The number of likely N-dealkylation sites (tertiary alicyclic amines) is 1. The molecule has 1 aliphatic heterocycles. The van der Waals surface area contributed by atoms with Crippen LogP contribution >= 0.6 is 0 Å². The second-order valence-corrected chi connectivity index (χ2v) is 6.66. The first kappa shape index (κ1) is 19.8. The molecule has 28 heavy (non-hydrogen) atoms. The Balaban J connectivity index is 1.78. The molecule has 3 heterocycles. The summed E-state index contributed by atoms with van der Waals surface area (Å²) in [5.74, 6) is 0.393. The van der Waals surface area contributed by atoms with Crippen LogP contribution in [0.25, 0.3) is 11.0 Å². The molecule has 9 heteroatoms. The molecule has 3 rings (SSSR count).